The smallest absolute Gasteiger partial charge is 0.337 e. The second-order valence-electron chi connectivity index (χ2n) is 5.81. The number of hydrogen-bond donors (Lipinski definition) is 3. The van der Waals surface area contributed by atoms with Crippen molar-refractivity contribution >= 4 is 52.4 Å². The second-order valence-corrected chi connectivity index (χ2v) is 8.18. The minimum atomic E-state index is -1.84. The Hall–Kier alpha value is -1.17. The van der Waals surface area contributed by atoms with E-state index in [1.165, 1.54) is 6.07 Å². The zero-order chi connectivity index (χ0) is 17.7. The Morgan fingerprint density at radius 1 is 1.12 bits per heavy atom. The highest BCUT2D eigenvalue weighted by molar-refractivity contribution is 6.68. The van der Waals surface area contributed by atoms with Crippen molar-refractivity contribution in [3.63, 3.8) is 0 Å². The number of hydrogen-bond acceptors (Lipinski definition) is 3. The van der Waals surface area contributed by atoms with Crippen LogP contribution < -0.4 is 10.6 Å². The second kappa shape index (κ2) is 8.28. The molecule has 0 saturated heterocycles. The first kappa shape index (κ1) is 19.2. The fraction of sp³-hybridized carbons (Fsp3) is 0.500. The van der Waals surface area contributed by atoms with Gasteiger partial charge in [0, 0.05) is 5.92 Å². The Balaban J connectivity index is 2.15. The third-order valence-electron chi connectivity index (χ3n) is 4.05. The van der Waals surface area contributed by atoms with Crippen LogP contribution in [0.25, 0.3) is 0 Å². The number of carboxylic acid groups (broad SMARTS) is 1. The summed E-state index contributed by atoms with van der Waals surface area (Å²) in [5.41, 5.74) is 0.300. The predicted octanol–water partition coefficient (Wildman–Crippen LogP) is 4.19. The molecule has 0 aromatic heterocycles. The van der Waals surface area contributed by atoms with Gasteiger partial charge >= 0.3 is 5.97 Å². The minimum absolute atomic E-state index is 0.0312. The maximum absolute atomic E-state index is 12.4. The van der Waals surface area contributed by atoms with E-state index in [1.54, 1.807) is 18.2 Å². The summed E-state index contributed by atoms with van der Waals surface area (Å²) in [6, 6.07) is 6.25. The summed E-state index contributed by atoms with van der Waals surface area (Å²) in [5.74, 6) is -1.41. The van der Waals surface area contributed by atoms with E-state index in [2.05, 4.69) is 10.6 Å². The van der Waals surface area contributed by atoms with E-state index in [-0.39, 0.29) is 23.1 Å². The van der Waals surface area contributed by atoms with Gasteiger partial charge in [-0.05, 0) is 25.0 Å². The van der Waals surface area contributed by atoms with Crippen LogP contribution in [0.15, 0.2) is 24.3 Å². The normalized spacial score (nSPS) is 17.1. The summed E-state index contributed by atoms with van der Waals surface area (Å²) in [7, 11) is 0. The summed E-state index contributed by atoms with van der Waals surface area (Å²) < 4.78 is -1.84. The number of carbonyl (C=O) groups is 2. The molecule has 0 bridgehead atoms. The van der Waals surface area contributed by atoms with E-state index in [9.17, 15) is 14.7 Å². The summed E-state index contributed by atoms with van der Waals surface area (Å²) >= 11 is 17.9. The molecule has 2 rings (SSSR count). The molecule has 1 amide bonds. The van der Waals surface area contributed by atoms with E-state index >= 15 is 0 Å². The van der Waals surface area contributed by atoms with E-state index in [1.807, 2.05) is 0 Å². The standard InChI is InChI=1S/C16H19Cl3N2O3/c17-16(18,19)15(21-13(22)10-6-2-1-3-7-10)20-12-9-5-4-8-11(12)14(23)24/h4-5,8-10,15,20H,1-3,6-7H2,(H,21,22)(H,23,24). The lowest BCUT2D eigenvalue weighted by molar-refractivity contribution is -0.126. The van der Waals surface area contributed by atoms with Gasteiger partial charge in [0.05, 0.1) is 11.3 Å². The van der Waals surface area contributed by atoms with Gasteiger partial charge in [0.25, 0.3) is 0 Å². The number of amides is 1. The van der Waals surface area contributed by atoms with Crippen molar-refractivity contribution in [3.8, 4) is 0 Å². The molecule has 0 radical (unpaired) electrons. The Morgan fingerprint density at radius 2 is 1.75 bits per heavy atom. The summed E-state index contributed by atoms with van der Waals surface area (Å²) in [4.78, 5) is 23.7. The molecule has 1 aliphatic rings. The Labute approximate surface area is 155 Å². The quantitative estimate of drug-likeness (QED) is 0.518. The third kappa shape index (κ3) is 5.16. The highest BCUT2D eigenvalue weighted by atomic mass is 35.6. The molecule has 3 N–H and O–H groups in total. The van der Waals surface area contributed by atoms with E-state index < -0.39 is 15.9 Å². The number of nitrogens with one attached hydrogen (secondary N) is 2. The van der Waals surface area contributed by atoms with Crippen LogP contribution in [0.2, 0.25) is 0 Å². The molecule has 1 aromatic rings. The van der Waals surface area contributed by atoms with Crippen LogP contribution in [0.3, 0.4) is 0 Å². The summed E-state index contributed by atoms with van der Waals surface area (Å²) in [6.07, 6.45) is 3.71. The molecule has 1 aliphatic carbocycles. The first-order chi connectivity index (χ1) is 11.3. The fourth-order valence-corrected chi connectivity index (χ4v) is 3.10. The molecule has 0 heterocycles. The number of aromatic carboxylic acids is 1. The van der Waals surface area contributed by atoms with Gasteiger partial charge in [-0.25, -0.2) is 4.79 Å². The Morgan fingerprint density at radius 3 is 2.33 bits per heavy atom. The largest absolute Gasteiger partial charge is 0.478 e. The van der Waals surface area contributed by atoms with Crippen LogP contribution >= 0.6 is 34.8 Å². The topological polar surface area (TPSA) is 78.4 Å². The molecule has 8 heteroatoms. The molecular weight excluding hydrogens is 375 g/mol. The van der Waals surface area contributed by atoms with E-state index in [0.29, 0.717) is 0 Å². The predicted molar refractivity (Wildman–Crippen MR) is 95.8 cm³/mol. The number of para-hydroxylation sites is 1. The Bertz CT molecular complexity index is 598. The molecule has 1 atom stereocenters. The summed E-state index contributed by atoms with van der Waals surface area (Å²) in [5, 5.41) is 14.8. The number of alkyl halides is 3. The average molecular weight is 394 g/mol. The maximum atomic E-state index is 12.4. The van der Waals surface area contributed by atoms with E-state index in [0.717, 1.165) is 32.1 Å². The zero-order valence-electron chi connectivity index (χ0n) is 12.9. The van der Waals surface area contributed by atoms with Crippen LogP contribution in [0, 0.1) is 5.92 Å². The molecule has 1 saturated carbocycles. The molecule has 132 valence electrons. The highest BCUT2D eigenvalue weighted by Crippen LogP contribution is 2.33. The number of carboxylic acids is 1. The van der Waals surface area contributed by atoms with Crippen molar-refractivity contribution in [2.75, 3.05) is 5.32 Å². The molecule has 0 spiro atoms. The number of benzene rings is 1. The molecule has 1 unspecified atom stereocenters. The van der Waals surface area contributed by atoms with Crippen LogP contribution in [0.4, 0.5) is 5.69 Å². The fourth-order valence-electron chi connectivity index (χ4n) is 2.78. The van der Waals surface area contributed by atoms with Crippen molar-refractivity contribution in [1.82, 2.24) is 5.32 Å². The first-order valence-electron chi connectivity index (χ1n) is 7.75. The minimum Gasteiger partial charge on any atom is -0.478 e. The number of anilines is 1. The average Bonchev–Trinajstić information content (AvgIpc) is 2.54. The molecular formula is C16H19Cl3N2O3. The maximum Gasteiger partial charge on any atom is 0.337 e. The van der Waals surface area contributed by atoms with Gasteiger partial charge in [-0.15, -0.1) is 0 Å². The van der Waals surface area contributed by atoms with Gasteiger partial charge < -0.3 is 15.7 Å². The lowest BCUT2D eigenvalue weighted by Crippen LogP contribution is -2.51. The van der Waals surface area contributed by atoms with Gasteiger partial charge in [0.1, 0.15) is 6.17 Å². The Kier molecular flexibility index (Phi) is 6.61. The molecule has 1 aromatic carbocycles. The summed E-state index contributed by atoms with van der Waals surface area (Å²) in [6.45, 7) is 0. The van der Waals surface area contributed by atoms with Gasteiger partial charge in [-0.3, -0.25) is 4.79 Å². The van der Waals surface area contributed by atoms with Crippen LogP contribution in [-0.4, -0.2) is 26.9 Å². The molecule has 1 fully saturated rings. The van der Waals surface area contributed by atoms with Gasteiger partial charge in [0.2, 0.25) is 9.70 Å². The first-order valence-corrected chi connectivity index (χ1v) is 8.88. The molecule has 0 aliphatic heterocycles. The van der Waals surface area contributed by atoms with Crippen LogP contribution in [0.1, 0.15) is 42.5 Å². The van der Waals surface area contributed by atoms with Crippen molar-refractivity contribution in [3.05, 3.63) is 29.8 Å². The van der Waals surface area contributed by atoms with Crippen molar-refractivity contribution in [2.24, 2.45) is 5.92 Å². The number of carbonyl (C=O) groups excluding carboxylic acids is 1. The van der Waals surface area contributed by atoms with Crippen molar-refractivity contribution < 1.29 is 14.7 Å². The lowest BCUT2D eigenvalue weighted by Gasteiger charge is -2.30. The van der Waals surface area contributed by atoms with Crippen LogP contribution in [-0.2, 0) is 4.79 Å². The van der Waals surface area contributed by atoms with Crippen molar-refractivity contribution in [1.29, 1.82) is 0 Å². The lowest BCUT2D eigenvalue weighted by atomic mass is 9.88. The molecule has 5 nitrogen and oxygen atoms in total. The SMILES string of the molecule is O=C(O)c1ccccc1NC(NC(=O)C1CCCCC1)C(Cl)(Cl)Cl. The highest BCUT2D eigenvalue weighted by Gasteiger charge is 2.36. The van der Waals surface area contributed by atoms with Crippen LogP contribution in [0.5, 0.6) is 0 Å². The number of halogens is 3. The monoisotopic (exact) mass is 392 g/mol. The van der Waals surface area contributed by atoms with E-state index in [4.69, 9.17) is 34.8 Å². The third-order valence-corrected chi connectivity index (χ3v) is 4.70. The van der Waals surface area contributed by atoms with Gasteiger partial charge in [-0.2, -0.15) is 0 Å². The molecule has 24 heavy (non-hydrogen) atoms. The number of rotatable bonds is 5. The van der Waals surface area contributed by atoms with Gasteiger partial charge in [0.15, 0.2) is 0 Å². The van der Waals surface area contributed by atoms with Gasteiger partial charge in [-0.1, -0.05) is 66.2 Å². The van der Waals surface area contributed by atoms with Crippen molar-refractivity contribution in [2.45, 2.75) is 42.1 Å². The zero-order valence-corrected chi connectivity index (χ0v) is 15.2.